The van der Waals surface area contributed by atoms with Crippen LogP contribution in [-0.4, -0.2) is 51.7 Å². The first-order valence-electron chi connectivity index (χ1n) is 11.7. The van der Waals surface area contributed by atoms with Crippen molar-refractivity contribution in [1.29, 1.82) is 0 Å². The zero-order chi connectivity index (χ0) is 23.5. The van der Waals surface area contributed by atoms with Gasteiger partial charge in [0, 0.05) is 43.7 Å². The Kier molecular flexibility index (Phi) is 6.23. The van der Waals surface area contributed by atoms with Crippen LogP contribution >= 0.6 is 0 Å². The third-order valence-corrected chi connectivity index (χ3v) is 6.45. The standard InChI is InChI=1S/C28H28N4O2/c1-21-11-13-23(14-12-21)27-24-9-5-6-10-25(24)28(34)32(29-27)20-26(33)31-17-15-30(16-18-31)19-22-7-3-2-4-8-22/h2-14H,15-20H2,1H3. The summed E-state index contributed by atoms with van der Waals surface area (Å²) >= 11 is 0. The Balaban J connectivity index is 1.35. The molecule has 0 unspecified atom stereocenters. The third kappa shape index (κ3) is 4.63. The molecule has 1 amide bonds. The van der Waals surface area contributed by atoms with Gasteiger partial charge in [0.15, 0.2) is 0 Å². The highest BCUT2D eigenvalue weighted by Crippen LogP contribution is 2.25. The van der Waals surface area contributed by atoms with E-state index in [1.54, 1.807) is 6.07 Å². The number of nitrogens with zero attached hydrogens (tertiary/aromatic N) is 4. The number of amides is 1. The Morgan fingerprint density at radius 2 is 1.47 bits per heavy atom. The van der Waals surface area contributed by atoms with Gasteiger partial charge in [-0.1, -0.05) is 78.4 Å². The van der Waals surface area contributed by atoms with Crippen LogP contribution in [0.4, 0.5) is 0 Å². The number of benzene rings is 3. The lowest BCUT2D eigenvalue weighted by Crippen LogP contribution is -2.49. The topological polar surface area (TPSA) is 58.4 Å². The van der Waals surface area contributed by atoms with E-state index in [2.05, 4.69) is 22.1 Å². The molecule has 5 rings (SSSR count). The first-order chi connectivity index (χ1) is 16.6. The van der Waals surface area contributed by atoms with Gasteiger partial charge in [-0.05, 0) is 18.6 Å². The summed E-state index contributed by atoms with van der Waals surface area (Å²) in [5.74, 6) is -0.0703. The molecule has 1 fully saturated rings. The van der Waals surface area contributed by atoms with E-state index in [9.17, 15) is 9.59 Å². The number of piperazine rings is 1. The van der Waals surface area contributed by atoms with Crippen molar-refractivity contribution in [1.82, 2.24) is 19.6 Å². The second kappa shape index (κ2) is 9.61. The van der Waals surface area contributed by atoms with Gasteiger partial charge in [-0.2, -0.15) is 5.10 Å². The molecule has 0 spiro atoms. The summed E-state index contributed by atoms with van der Waals surface area (Å²) in [5.41, 5.74) is 3.84. The smallest absolute Gasteiger partial charge is 0.275 e. The summed E-state index contributed by atoms with van der Waals surface area (Å²) in [5, 5.41) is 6.03. The van der Waals surface area contributed by atoms with Crippen LogP contribution in [0.15, 0.2) is 83.7 Å². The summed E-state index contributed by atoms with van der Waals surface area (Å²) in [6.45, 7) is 5.80. The van der Waals surface area contributed by atoms with E-state index in [0.29, 0.717) is 18.5 Å². The Hall–Kier alpha value is -3.77. The second-order valence-corrected chi connectivity index (χ2v) is 8.87. The molecule has 1 aliphatic heterocycles. The highest BCUT2D eigenvalue weighted by molar-refractivity contribution is 5.93. The van der Waals surface area contributed by atoms with Crippen molar-refractivity contribution in [3.63, 3.8) is 0 Å². The molecule has 0 radical (unpaired) electrons. The average Bonchev–Trinajstić information content (AvgIpc) is 2.87. The van der Waals surface area contributed by atoms with Crippen molar-refractivity contribution >= 4 is 16.7 Å². The molecular weight excluding hydrogens is 424 g/mol. The number of carbonyl (C=O) groups is 1. The van der Waals surface area contributed by atoms with Crippen molar-refractivity contribution in [2.45, 2.75) is 20.0 Å². The molecule has 1 aromatic heterocycles. The minimum absolute atomic E-state index is 0.0544. The van der Waals surface area contributed by atoms with Crippen molar-refractivity contribution in [3.8, 4) is 11.3 Å². The van der Waals surface area contributed by atoms with Crippen molar-refractivity contribution in [2.75, 3.05) is 26.2 Å². The first-order valence-corrected chi connectivity index (χ1v) is 11.7. The zero-order valence-corrected chi connectivity index (χ0v) is 19.4. The Morgan fingerprint density at radius 1 is 0.824 bits per heavy atom. The molecule has 34 heavy (non-hydrogen) atoms. The van der Waals surface area contributed by atoms with Gasteiger partial charge in [-0.15, -0.1) is 0 Å². The summed E-state index contributed by atoms with van der Waals surface area (Å²) in [7, 11) is 0. The van der Waals surface area contributed by atoms with Crippen LogP contribution in [0.25, 0.3) is 22.0 Å². The average molecular weight is 453 g/mol. The van der Waals surface area contributed by atoms with Gasteiger partial charge in [-0.25, -0.2) is 4.68 Å². The second-order valence-electron chi connectivity index (χ2n) is 8.87. The molecule has 0 aliphatic carbocycles. The molecule has 1 saturated heterocycles. The van der Waals surface area contributed by atoms with E-state index in [1.165, 1.54) is 10.2 Å². The lowest BCUT2D eigenvalue weighted by atomic mass is 10.0. The Labute approximate surface area is 199 Å². The number of aromatic nitrogens is 2. The predicted molar refractivity (Wildman–Crippen MR) is 134 cm³/mol. The van der Waals surface area contributed by atoms with Crippen LogP contribution in [0.1, 0.15) is 11.1 Å². The minimum Gasteiger partial charge on any atom is -0.339 e. The molecule has 6 heteroatoms. The molecule has 0 atom stereocenters. The fourth-order valence-electron chi connectivity index (χ4n) is 4.49. The summed E-state index contributed by atoms with van der Waals surface area (Å²) in [4.78, 5) is 30.5. The monoisotopic (exact) mass is 452 g/mol. The largest absolute Gasteiger partial charge is 0.339 e. The number of rotatable bonds is 5. The van der Waals surface area contributed by atoms with E-state index < -0.39 is 0 Å². The van der Waals surface area contributed by atoms with Crippen LogP contribution < -0.4 is 5.56 Å². The molecule has 1 aliphatic rings. The number of hydrogen-bond acceptors (Lipinski definition) is 4. The van der Waals surface area contributed by atoms with E-state index in [1.807, 2.05) is 72.5 Å². The SMILES string of the molecule is Cc1ccc(-c2nn(CC(=O)N3CCN(Cc4ccccc4)CC3)c(=O)c3ccccc23)cc1. The summed E-state index contributed by atoms with van der Waals surface area (Å²) in [6, 6.07) is 25.9. The van der Waals surface area contributed by atoms with Crippen LogP contribution in [0.5, 0.6) is 0 Å². The van der Waals surface area contributed by atoms with Crippen LogP contribution in [0.2, 0.25) is 0 Å². The lowest BCUT2D eigenvalue weighted by molar-refractivity contribution is -0.133. The predicted octanol–water partition coefficient (Wildman–Crippen LogP) is 3.72. The number of carbonyl (C=O) groups excluding carboxylic acids is 1. The quantitative estimate of drug-likeness (QED) is 0.463. The van der Waals surface area contributed by atoms with E-state index >= 15 is 0 Å². The molecule has 172 valence electrons. The van der Waals surface area contributed by atoms with Crippen LogP contribution in [0, 0.1) is 6.92 Å². The highest BCUT2D eigenvalue weighted by Gasteiger charge is 2.23. The van der Waals surface area contributed by atoms with Gasteiger partial charge in [0.25, 0.3) is 5.56 Å². The number of hydrogen-bond donors (Lipinski definition) is 0. The molecule has 6 nitrogen and oxygen atoms in total. The highest BCUT2D eigenvalue weighted by atomic mass is 16.2. The van der Waals surface area contributed by atoms with Gasteiger partial charge in [0.1, 0.15) is 6.54 Å². The maximum Gasteiger partial charge on any atom is 0.275 e. The summed E-state index contributed by atoms with van der Waals surface area (Å²) in [6.07, 6.45) is 0. The van der Waals surface area contributed by atoms with Crippen molar-refractivity contribution in [3.05, 3.63) is 100 Å². The van der Waals surface area contributed by atoms with Gasteiger partial charge in [-0.3, -0.25) is 14.5 Å². The van der Waals surface area contributed by atoms with Gasteiger partial charge in [0.05, 0.1) is 11.1 Å². The summed E-state index contributed by atoms with van der Waals surface area (Å²) < 4.78 is 1.33. The molecule has 4 aromatic rings. The fraction of sp³-hybridized carbons (Fsp3) is 0.250. The van der Waals surface area contributed by atoms with Gasteiger partial charge >= 0.3 is 0 Å². The maximum atomic E-state index is 13.2. The molecule has 0 bridgehead atoms. The molecular formula is C28H28N4O2. The third-order valence-electron chi connectivity index (χ3n) is 6.45. The Bertz CT molecular complexity index is 1360. The fourth-order valence-corrected chi connectivity index (χ4v) is 4.49. The lowest BCUT2D eigenvalue weighted by Gasteiger charge is -2.34. The molecule has 2 heterocycles. The van der Waals surface area contributed by atoms with Crippen molar-refractivity contribution < 1.29 is 4.79 Å². The van der Waals surface area contributed by atoms with E-state index in [0.717, 1.165) is 41.8 Å². The van der Waals surface area contributed by atoms with Gasteiger partial charge < -0.3 is 4.90 Å². The van der Waals surface area contributed by atoms with E-state index in [4.69, 9.17) is 0 Å². The minimum atomic E-state index is -0.234. The molecule has 3 aromatic carbocycles. The molecule has 0 N–H and O–H groups in total. The van der Waals surface area contributed by atoms with Crippen LogP contribution in [-0.2, 0) is 17.9 Å². The maximum absolute atomic E-state index is 13.2. The van der Waals surface area contributed by atoms with Crippen molar-refractivity contribution in [2.24, 2.45) is 0 Å². The van der Waals surface area contributed by atoms with Gasteiger partial charge in [0.2, 0.25) is 5.91 Å². The molecule has 0 saturated carbocycles. The number of fused-ring (bicyclic) bond motifs is 1. The first kappa shape index (κ1) is 22.0. The zero-order valence-electron chi connectivity index (χ0n) is 19.4. The van der Waals surface area contributed by atoms with E-state index in [-0.39, 0.29) is 18.0 Å². The Morgan fingerprint density at radius 3 is 2.18 bits per heavy atom. The number of aryl methyl sites for hydroxylation is 1. The van der Waals surface area contributed by atoms with Crippen LogP contribution in [0.3, 0.4) is 0 Å². The normalized spacial score (nSPS) is 14.4.